The third-order valence-corrected chi connectivity index (χ3v) is 5.98. The van der Waals surface area contributed by atoms with Gasteiger partial charge in [0.25, 0.3) is 0 Å². The van der Waals surface area contributed by atoms with Gasteiger partial charge in [0.2, 0.25) is 0 Å². The minimum Gasteiger partial charge on any atom is -0.307 e. The zero-order valence-electron chi connectivity index (χ0n) is 10.9. The van der Waals surface area contributed by atoms with Crippen LogP contribution in [0.2, 0.25) is 0 Å². The molecule has 0 radical (unpaired) electrons. The standard InChI is InChI=1S/C14H18FNO2S/c1-9-6-11(7-9)16-13-4-5-19(17,18)14-3-2-10(15)8-12(13)14/h2-3,8-9,11,13,16H,4-7H2,1H3. The van der Waals surface area contributed by atoms with Crippen molar-refractivity contribution in [3.05, 3.63) is 29.6 Å². The third-order valence-electron chi connectivity index (χ3n) is 4.17. The van der Waals surface area contributed by atoms with Crippen LogP contribution in [0.4, 0.5) is 4.39 Å². The van der Waals surface area contributed by atoms with Gasteiger partial charge in [-0.05, 0) is 48.9 Å². The van der Waals surface area contributed by atoms with Gasteiger partial charge in [-0.3, -0.25) is 0 Å². The molecule has 0 saturated heterocycles. The Bertz CT molecular complexity index is 593. The van der Waals surface area contributed by atoms with Crippen molar-refractivity contribution in [1.29, 1.82) is 0 Å². The average molecular weight is 283 g/mol. The molecule has 1 saturated carbocycles. The van der Waals surface area contributed by atoms with Crippen molar-refractivity contribution in [2.75, 3.05) is 5.75 Å². The van der Waals surface area contributed by atoms with Crippen LogP contribution in [-0.2, 0) is 9.84 Å². The van der Waals surface area contributed by atoms with Crippen molar-refractivity contribution in [3.8, 4) is 0 Å². The molecular weight excluding hydrogens is 265 g/mol. The summed E-state index contributed by atoms with van der Waals surface area (Å²) >= 11 is 0. The third kappa shape index (κ3) is 2.41. The average Bonchev–Trinajstić information content (AvgIpc) is 2.30. The van der Waals surface area contributed by atoms with Gasteiger partial charge in [0.05, 0.1) is 10.6 Å². The van der Waals surface area contributed by atoms with Crippen molar-refractivity contribution in [2.24, 2.45) is 5.92 Å². The summed E-state index contributed by atoms with van der Waals surface area (Å²) in [5.41, 5.74) is 0.603. The van der Waals surface area contributed by atoms with Gasteiger partial charge in [-0.1, -0.05) is 6.92 Å². The van der Waals surface area contributed by atoms with E-state index in [1.807, 2.05) is 0 Å². The molecule has 0 bridgehead atoms. The number of sulfone groups is 1. The smallest absolute Gasteiger partial charge is 0.178 e. The molecular formula is C14H18FNO2S. The van der Waals surface area contributed by atoms with Gasteiger partial charge in [0.1, 0.15) is 5.82 Å². The molecule has 1 fully saturated rings. The first kappa shape index (κ1) is 13.1. The minimum absolute atomic E-state index is 0.0354. The lowest BCUT2D eigenvalue weighted by molar-refractivity contribution is 0.219. The van der Waals surface area contributed by atoms with Crippen molar-refractivity contribution in [2.45, 2.75) is 43.2 Å². The van der Waals surface area contributed by atoms with Crippen LogP contribution in [0, 0.1) is 11.7 Å². The number of halogens is 1. The summed E-state index contributed by atoms with van der Waals surface area (Å²) in [5, 5.41) is 3.48. The van der Waals surface area contributed by atoms with Gasteiger partial charge in [-0.2, -0.15) is 0 Å². The monoisotopic (exact) mass is 283 g/mol. The summed E-state index contributed by atoms with van der Waals surface area (Å²) < 4.78 is 37.4. The molecule has 1 aliphatic heterocycles. The number of benzene rings is 1. The Morgan fingerprint density at radius 1 is 1.32 bits per heavy atom. The van der Waals surface area contributed by atoms with Crippen LogP contribution in [0.25, 0.3) is 0 Å². The van der Waals surface area contributed by atoms with E-state index in [2.05, 4.69) is 12.2 Å². The van der Waals surface area contributed by atoms with E-state index in [4.69, 9.17) is 0 Å². The predicted molar refractivity (Wildman–Crippen MR) is 71.1 cm³/mol. The summed E-state index contributed by atoms with van der Waals surface area (Å²) in [7, 11) is -3.23. The van der Waals surface area contributed by atoms with Gasteiger partial charge < -0.3 is 5.32 Å². The fraction of sp³-hybridized carbons (Fsp3) is 0.571. The van der Waals surface area contributed by atoms with Gasteiger partial charge in [-0.15, -0.1) is 0 Å². The highest BCUT2D eigenvalue weighted by molar-refractivity contribution is 7.91. The molecule has 1 aromatic rings. The Morgan fingerprint density at radius 2 is 2.05 bits per heavy atom. The van der Waals surface area contributed by atoms with Crippen LogP contribution >= 0.6 is 0 Å². The number of rotatable bonds is 2. The lowest BCUT2D eigenvalue weighted by atomic mass is 9.81. The van der Waals surface area contributed by atoms with E-state index in [1.54, 1.807) is 0 Å². The molecule has 0 spiro atoms. The van der Waals surface area contributed by atoms with E-state index < -0.39 is 9.84 Å². The number of fused-ring (bicyclic) bond motifs is 1. The van der Waals surface area contributed by atoms with Crippen molar-refractivity contribution >= 4 is 9.84 Å². The second-order valence-corrected chi connectivity index (χ2v) is 7.86. The first-order chi connectivity index (χ1) is 8.95. The summed E-state index contributed by atoms with van der Waals surface area (Å²) in [4.78, 5) is 0.296. The largest absolute Gasteiger partial charge is 0.307 e. The molecule has 0 aromatic heterocycles. The molecule has 0 amide bonds. The number of nitrogens with one attached hydrogen (secondary N) is 1. The molecule has 5 heteroatoms. The molecule has 2 aliphatic rings. The second-order valence-electron chi connectivity index (χ2n) is 5.78. The quantitative estimate of drug-likeness (QED) is 0.848. The molecule has 1 unspecified atom stereocenters. The predicted octanol–water partition coefficient (Wildman–Crippen LogP) is 2.43. The fourth-order valence-corrected chi connectivity index (χ4v) is 4.71. The molecule has 19 heavy (non-hydrogen) atoms. The van der Waals surface area contributed by atoms with Gasteiger partial charge in [0.15, 0.2) is 9.84 Å². The van der Waals surface area contributed by atoms with Crippen LogP contribution in [0.15, 0.2) is 23.1 Å². The molecule has 104 valence electrons. The van der Waals surface area contributed by atoms with Crippen LogP contribution in [0.5, 0.6) is 0 Å². The highest BCUT2D eigenvalue weighted by Crippen LogP contribution is 2.35. The lowest BCUT2D eigenvalue weighted by Gasteiger charge is -2.38. The van der Waals surface area contributed by atoms with Crippen molar-refractivity contribution in [1.82, 2.24) is 5.32 Å². The summed E-state index contributed by atoms with van der Waals surface area (Å²) in [6, 6.07) is 4.40. The van der Waals surface area contributed by atoms with Gasteiger partial charge in [0, 0.05) is 12.1 Å². The maximum atomic E-state index is 13.4. The topological polar surface area (TPSA) is 46.2 Å². The van der Waals surface area contributed by atoms with Crippen LogP contribution < -0.4 is 5.32 Å². The van der Waals surface area contributed by atoms with Crippen LogP contribution in [0.1, 0.15) is 37.8 Å². The van der Waals surface area contributed by atoms with E-state index in [-0.39, 0.29) is 17.6 Å². The molecule has 1 atom stereocenters. The Morgan fingerprint density at radius 3 is 2.74 bits per heavy atom. The second kappa shape index (κ2) is 4.56. The first-order valence-electron chi connectivity index (χ1n) is 6.74. The SMILES string of the molecule is CC1CC(NC2CCS(=O)(=O)c3ccc(F)cc32)C1. The van der Waals surface area contributed by atoms with Gasteiger partial charge >= 0.3 is 0 Å². The number of hydrogen-bond donors (Lipinski definition) is 1. The Labute approximate surface area is 113 Å². The molecule has 1 aromatic carbocycles. The van der Waals surface area contributed by atoms with E-state index in [1.165, 1.54) is 18.2 Å². The summed E-state index contributed by atoms with van der Waals surface area (Å²) in [6.07, 6.45) is 2.77. The highest BCUT2D eigenvalue weighted by atomic mass is 32.2. The Hall–Kier alpha value is -0.940. The maximum Gasteiger partial charge on any atom is 0.178 e. The molecule has 3 rings (SSSR count). The van der Waals surface area contributed by atoms with E-state index in [9.17, 15) is 12.8 Å². The van der Waals surface area contributed by atoms with E-state index in [0.29, 0.717) is 22.9 Å². The van der Waals surface area contributed by atoms with Crippen LogP contribution in [-0.4, -0.2) is 20.2 Å². The maximum absolute atomic E-state index is 13.4. The zero-order valence-corrected chi connectivity index (χ0v) is 11.7. The zero-order chi connectivity index (χ0) is 13.6. The van der Waals surface area contributed by atoms with Crippen molar-refractivity contribution in [3.63, 3.8) is 0 Å². The normalized spacial score (nSPS) is 32.4. The summed E-state index contributed by atoms with van der Waals surface area (Å²) in [5.74, 6) is 0.507. The summed E-state index contributed by atoms with van der Waals surface area (Å²) in [6.45, 7) is 2.21. The van der Waals surface area contributed by atoms with E-state index >= 15 is 0 Å². The Balaban J connectivity index is 1.90. The fourth-order valence-electron chi connectivity index (χ4n) is 3.11. The molecule has 1 aliphatic carbocycles. The van der Waals surface area contributed by atoms with E-state index in [0.717, 1.165) is 18.8 Å². The number of hydrogen-bond acceptors (Lipinski definition) is 3. The first-order valence-corrected chi connectivity index (χ1v) is 8.39. The van der Waals surface area contributed by atoms with Crippen LogP contribution in [0.3, 0.4) is 0 Å². The molecule has 1 N–H and O–H groups in total. The molecule has 1 heterocycles. The lowest BCUT2D eigenvalue weighted by Crippen LogP contribution is -2.43. The highest BCUT2D eigenvalue weighted by Gasteiger charge is 2.34. The van der Waals surface area contributed by atoms with Crippen molar-refractivity contribution < 1.29 is 12.8 Å². The van der Waals surface area contributed by atoms with Gasteiger partial charge in [-0.25, -0.2) is 12.8 Å². The Kier molecular flexibility index (Phi) is 3.14. The molecule has 3 nitrogen and oxygen atoms in total. The minimum atomic E-state index is -3.23.